The van der Waals surface area contributed by atoms with Gasteiger partial charge in [0.05, 0.1) is 5.69 Å². The molecular weight excluding hydrogens is 266 g/mol. The van der Waals surface area contributed by atoms with Crippen LogP contribution in [0.25, 0.3) is 11.3 Å². The zero-order valence-corrected chi connectivity index (χ0v) is 10.9. The van der Waals surface area contributed by atoms with E-state index < -0.39 is 0 Å². The lowest BCUT2D eigenvalue weighted by atomic mass is 10.0. The molecule has 0 unspecified atom stereocenters. The quantitative estimate of drug-likeness (QED) is 0.886. The number of aromatic amines is 1. The zero-order chi connectivity index (χ0) is 11.7. The van der Waals surface area contributed by atoms with Crippen LogP contribution < -0.4 is 5.73 Å². The van der Waals surface area contributed by atoms with E-state index in [1.54, 1.807) is 0 Å². The lowest BCUT2D eigenvalue weighted by molar-refractivity contribution is 1.10. The number of nitrogens with one attached hydrogen (secondary N) is 1. The first-order valence-corrected chi connectivity index (χ1v) is 6.02. The Bertz CT molecular complexity index is 517. The Labute approximate surface area is 103 Å². The molecule has 0 radical (unpaired) electrons. The highest BCUT2D eigenvalue weighted by atomic mass is 79.9. The molecule has 3 N–H and O–H groups in total. The summed E-state index contributed by atoms with van der Waals surface area (Å²) in [7, 11) is 0. The van der Waals surface area contributed by atoms with Crippen LogP contribution in [0.2, 0.25) is 0 Å². The van der Waals surface area contributed by atoms with Gasteiger partial charge in [-0.1, -0.05) is 35.0 Å². The van der Waals surface area contributed by atoms with E-state index in [0.29, 0.717) is 5.82 Å². The molecule has 0 spiro atoms. The van der Waals surface area contributed by atoms with E-state index in [-0.39, 0.29) is 0 Å². The van der Waals surface area contributed by atoms with Gasteiger partial charge in [-0.15, -0.1) is 0 Å². The van der Waals surface area contributed by atoms with Gasteiger partial charge in [-0.3, -0.25) is 5.10 Å². The number of nitrogens with zero attached hydrogens (tertiary/aromatic N) is 1. The average molecular weight is 280 g/mol. The average Bonchev–Trinajstić information content (AvgIpc) is 2.63. The van der Waals surface area contributed by atoms with Crippen LogP contribution in [-0.2, 0) is 6.42 Å². The molecule has 0 aliphatic carbocycles. The summed E-state index contributed by atoms with van der Waals surface area (Å²) in [5, 5.41) is 7.05. The van der Waals surface area contributed by atoms with Crippen LogP contribution in [0.15, 0.2) is 22.7 Å². The number of aryl methyl sites for hydroxylation is 1. The molecule has 0 atom stereocenters. The van der Waals surface area contributed by atoms with Crippen LogP contribution >= 0.6 is 15.9 Å². The minimum Gasteiger partial charge on any atom is -0.382 e. The Morgan fingerprint density at radius 3 is 2.81 bits per heavy atom. The number of benzene rings is 1. The fourth-order valence-electron chi connectivity index (χ4n) is 1.72. The molecule has 0 aliphatic heterocycles. The summed E-state index contributed by atoms with van der Waals surface area (Å²) in [5.74, 6) is 0.592. The molecule has 2 rings (SSSR count). The number of aromatic nitrogens is 2. The maximum absolute atomic E-state index is 5.80. The minimum atomic E-state index is 0.592. The number of nitrogen functional groups attached to an aromatic ring is 1. The predicted octanol–water partition coefficient (Wildman–Crippen LogP) is 3.29. The third kappa shape index (κ3) is 1.85. The Balaban J connectivity index is 2.54. The fraction of sp³-hybridized carbons (Fsp3) is 0.250. The first kappa shape index (κ1) is 11.2. The van der Waals surface area contributed by atoms with Crippen molar-refractivity contribution in [1.82, 2.24) is 10.2 Å². The van der Waals surface area contributed by atoms with Gasteiger partial charge in [0.1, 0.15) is 5.82 Å². The van der Waals surface area contributed by atoms with Crippen molar-refractivity contribution in [1.29, 1.82) is 0 Å². The topological polar surface area (TPSA) is 54.7 Å². The van der Waals surface area contributed by atoms with Crippen LogP contribution in [-0.4, -0.2) is 10.2 Å². The highest BCUT2D eigenvalue weighted by Gasteiger charge is 2.11. The van der Waals surface area contributed by atoms with E-state index in [9.17, 15) is 0 Å². The normalized spacial score (nSPS) is 10.7. The van der Waals surface area contributed by atoms with Crippen LogP contribution in [0.4, 0.5) is 5.82 Å². The molecule has 0 bridgehead atoms. The molecule has 0 aliphatic rings. The zero-order valence-electron chi connectivity index (χ0n) is 9.34. The number of rotatable bonds is 2. The maximum atomic E-state index is 5.80. The van der Waals surface area contributed by atoms with Crippen molar-refractivity contribution in [2.45, 2.75) is 20.3 Å². The first-order chi connectivity index (χ1) is 7.63. The smallest absolute Gasteiger partial charge is 0.149 e. The van der Waals surface area contributed by atoms with E-state index in [1.807, 2.05) is 0 Å². The van der Waals surface area contributed by atoms with Gasteiger partial charge in [0.2, 0.25) is 0 Å². The minimum absolute atomic E-state index is 0.592. The summed E-state index contributed by atoms with van der Waals surface area (Å²) in [6.45, 7) is 4.14. The molecule has 16 heavy (non-hydrogen) atoms. The SMILES string of the molecule is CCc1c(N)n[nH]c1-c1ccc(C)c(Br)c1. The monoisotopic (exact) mass is 279 g/mol. The summed E-state index contributed by atoms with van der Waals surface area (Å²) in [5.41, 5.74) is 10.2. The second kappa shape index (κ2) is 4.29. The summed E-state index contributed by atoms with van der Waals surface area (Å²) in [6, 6.07) is 6.24. The van der Waals surface area contributed by atoms with E-state index >= 15 is 0 Å². The molecule has 1 aromatic carbocycles. The summed E-state index contributed by atoms with van der Waals surface area (Å²) < 4.78 is 1.10. The molecule has 4 heteroatoms. The van der Waals surface area contributed by atoms with E-state index in [2.05, 4.69) is 58.2 Å². The largest absolute Gasteiger partial charge is 0.382 e. The first-order valence-electron chi connectivity index (χ1n) is 5.22. The molecule has 2 aromatic rings. The van der Waals surface area contributed by atoms with E-state index in [1.165, 1.54) is 5.56 Å². The highest BCUT2D eigenvalue weighted by Crippen LogP contribution is 2.29. The molecule has 0 saturated heterocycles. The Morgan fingerprint density at radius 2 is 2.19 bits per heavy atom. The predicted molar refractivity (Wildman–Crippen MR) is 70.3 cm³/mol. The van der Waals surface area contributed by atoms with Crippen LogP contribution in [0, 0.1) is 6.92 Å². The molecule has 1 aromatic heterocycles. The number of hydrogen-bond donors (Lipinski definition) is 2. The molecule has 0 amide bonds. The van der Waals surface area contributed by atoms with Crippen molar-refractivity contribution in [3.63, 3.8) is 0 Å². The van der Waals surface area contributed by atoms with Gasteiger partial charge in [-0.05, 0) is 25.0 Å². The fourth-order valence-corrected chi connectivity index (χ4v) is 2.10. The van der Waals surface area contributed by atoms with Crippen LogP contribution in [0.5, 0.6) is 0 Å². The van der Waals surface area contributed by atoms with Gasteiger partial charge in [-0.25, -0.2) is 0 Å². The van der Waals surface area contributed by atoms with Crippen molar-refractivity contribution >= 4 is 21.7 Å². The van der Waals surface area contributed by atoms with Crippen LogP contribution in [0.3, 0.4) is 0 Å². The second-order valence-corrected chi connectivity index (χ2v) is 4.63. The van der Waals surface area contributed by atoms with E-state index in [4.69, 9.17) is 5.73 Å². The maximum Gasteiger partial charge on any atom is 0.149 e. The molecule has 3 nitrogen and oxygen atoms in total. The van der Waals surface area contributed by atoms with Gasteiger partial charge in [0.25, 0.3) is 0 Å². The lowest BCUT2D eigenvalue weighted by Crippen LogP contribution is -1.91. The van der Waals surface area contributed by atoms with Crippen molar-refractivity contribution in [2.75, 3.05) is 5.73 Å². The van der Waals surface area contributed by atoms with Gasteiger partial charge in [-0.2, -0.15) is 5.10 Å². The number of H-pyrrole nitrogens is 1. The number of hydrogen-bond acceptors (Lipinski definition) is 2. The van der Waals surface area contributed by atoms with Crippen molar-refractivity contribution in [3.05, 3.63) is 33.8 Å². The van der Waals surface area contributed by atoms with Gasteiger partial charge >= 0.3 is 0 Å². The number of nitrogens with two attached hydrogens (primary N) is 1. The molecule has 0 saturated carbocycles. The van der Waals surface area contributed by atoms with E-state index in [0.717, 1.165) is 27.7 Å². The van der Waals surface area contributed by atoms with Crippen molar-refractivity contribution in [2.24, 2.45) is 0 Å². The highest BCUT2D eigenvalue weighted by molar-refractivity contribution is 9.10. The second-order valence-electron chi connectivity index (χ2n) is 3.78. The van der Waals surface area contributed by atoms with Gasteiger partial charge in [0, 0.05) is 15.6 Å². The lowest BCUT2D eigenvalue weighted by Gasteiger charge is -2.04. The van der Waals surface area contributed by atoms with Gasteiger partial charge < -0.3 is 5.73 Å². The molecule has 84 valence electrons. The molecule has 1 heterocycles. The van der Waals surface area contributed by atoms with Crippen LogP contribution in [0.1, 0.15) is 18.1 Å². The standard InChI is InChI=1S/C12H14BrN3/c1-3-9-11(15-16-12(9)14)8-5-4-7(2)10(13)6-8/h4-6H,3H2,1-2H3,(H3,14,15,16). The van der Waals surface area contributed by atoms with Crippen molar-refractivity contribution < 1.29 is 0 Å². The van der Waals surface area contributed by atoms with Crippen molar-refractivity contribution in [3.8, 4) is 11.3 Å². The molecular formula is C12H14BrN3. The Kier molecular flexibility index (Phi) is 3.01. The number of halogens is 1. The Morgan fingerprint density at radius 1 is 1.44 bits per heavy atom. The third-order valence-electron chi connectivity index (χ3n) is 2.71. The molecule has 0 fully saturated rings. The summed E-state index contributed by atoms with van der Waals surface area (Å²) in [4.78, 5) is 0. The summed E-state index contributed by atoms with van der Waals surface area (Å²) in [6.07, 6.45) is 0.878. The third-order valence-corrected chi connectivity index (χ3v) is 3.57. The summed E-state index contributed by atoms with van der Waals surface area (Å²) >= 11 is 3.53. The Hall–Kier alpha value is -1.29. The van der Waals surface area contributed by atoms with Gasteiger partial charge in [0.15, 0.2) is 0 Å². The number of anilines is 1.